The largest absolute Gasteiger partial charge is 0.344 e. The van der Waals surface area contributed by atoms with E-state index >= 15 is 0 Å². The molecule has 0 unspecified atom stereocenters. The predicted octanol–water partition coefficient (Wildman–Crippen LogP) is 2.31. The molecule has 0 aliphatic rings. The van der Waals surface area contributed by atoms with E-state index in [0.29, 0.717) is 0 Å². The van der Waals surface area contributed by atoms with Crippen LogP contribution in [0.1, 0.15) is 19.8 Å². The van der Waals surface area contributed by atoms with Gasteiger partial charge in [-0.05, 0) is 18.4 Å². The van der Waals surface area contributed by atoms with Crippen LogP contribution in [0.25, 0.3) is 0 Å². The first-order chi connectivity index (χ1) is 2.91. The quantitative estimate of drug-likeness (QED) is 0.581. The van der Waals surface area contributed by atoms with E-state index in [1.54, 1.807) is 0 Å². The van der Waals surface area contributed by atoms with Crippen molar-refractivity contribution >= 4 is 11.8 Å². The standard InChI is InChI=1S/C5H12S.H3N/c1-3-4-5-6-2;/h3-5H2,1-2H3;1H3. The Bertz CT molecular complexity index is 20.0. The molecule has 0 amide bonds. The fraction of sp³-hybridized carbons (Fsp3) is 1.00. The van der Waals surface area contributed by atoms with Gasteiger partial charge in [-0.3, -0.25) is 0 Å². The van der Waals surface area contributed by atoms with Crippen LogP contribution in [-0.2, 0) is 0 Å². The molecule has 0 rings (SSSR count). The van der Waals surface area contributed by atoms with Gasteiger partial charge in [-0.2, -0.15) is 11.8 Å². The first-order valence-electron chi connectivity index (χ1n) is 2.40. The zero-order chi connectivity index (χ0) is 4.83. The summed E-state index contributed by atoms with van der Waals surface area (Å²) >= 11 is 1.93. The van der Waals surface area contributed by atoms with Crippen molar-refractivity contribution in [1.29, 1.82) is 0 Å². The Labute approximate surface area is 50.5 Å². The van der Waals surface area contributed by atoms with E-state index in [1.807, 2.05) is 11.8 Å². The molecule has 0 aromatic carbocycles. The summed E-state index contributed by atoms with van der Waals surface area (Å²) in [4.78, 5) is 0. The third kappa shape index (κ3) is 10.7. The molecule has 0 aliphatic carbocycles. The van der Waals surface area contributed by atoms with E-state index in [2.05, 4.69) is 13.2 Å². The summed E-state index contributed by atoms with van der Waals surface area (Å²) in [6, 6.07) is 0. The molecule has 0 aliphatic heterocycles. The molecule has 0 aromatic rings. The van der Waals surface area contributed by atoms with Gasteiger partial charge in [-0.15, -0.1) is 0 Å². The van der Waals surface area contributed by atoms with Crippen LogP contribution >= 0.6 is 11.8 Å². The number of unbranched alkanes of at least 4 members (excludes halogenated alkanes) is 1. The summed E-state index contributed by atoms with van der Waals surface area (Å²) in [5.41, 5.74) is 0. The lowest BCUT2D eigenvalue weighted by Gasteiger charge is -1.86. The van der Waals surface area contributed by atoms with Crippen LogP contribution in [-0.4, -0.2) is 12.0 Å². The second kappa shape index (κ2) is 9.58. The lowest BCUT2D eigenvalue weighted by atomic mass is 10.4. The Hall–Kier alpha value is 0.310. The summed E-state index contributed by atoms with van der Waals surface area (Å²) in [6.07, 6.45) is 4.86. The first-order valence-corrected chi connectivity index (χ1v) is 3.80. The van der Waals surface area contributed by atoms with Gasteiger partial charge in [0.05, 0.1) is 0 Å². The van der Waals surface area contributed by atoms with Crippen molar-refractivity contribution in [2.75, 3.05) is 12.0 Å². The molecule has 3 N–H and O–H groups in total. The molecule has 0 atom stereocenters. The van der Waals surface area contributed by atoms with E-state index in [4.69, 9.17) is 0 Å². The minimum absolute atomic E-state index is 0. The normalized spacial score (nSPS) is 7.71. The number of hydrogen-bond acceptors (Lipinski definition) is 2. The van der Waals surface area contributed by atoms with Crippen molar-refractivity contribution in [3.8, 4) is 0 Å². The minimum Gasteiger partial charge on any atom is -0.344 e. The van der Waals surface area contributed by atoms with Crippen molar-refractivity contribution in [1.82, 2.24) is 6.15 Å². The zero-order valence-corrected chi connectivity index (χ0v) is 6.05. The maximum absolute atomic E-state index is 2.22. The molecule has 0 bridgehead atoms. The van der Waals surface area contributed by atoms with Crippen molar-refractivity contribution in [3.63, 3.8) is 0 Å². The van der Waals surface area contributed by atoms with Crippen LogP contribution in [0.5, 0.6) is 0 Å². The first kappa shape index (κ1) is 10.3. The van der Waals surface area contributed by atoms with E-state index in [9.17, 15) is 0 Å². The van der Waals surface area contributed by atoms with Crippen LogP contribution in [0.15, 0.2) is 0 Å². The lowest BCUT2D eigenvalue weighted by Crippen LogP contribution is -1.71. The summed E-state index contributed by atoms with van der Waals surface area (Å²) in [5, 5.41) is 0. The van der Waals surface area contributed by atoms with Crippen LogP contribution in [0, 0.1) is 0 Å². The maximum Gasteiger partial charge on any atom is -0.00704 e. The van der Waals surface area contributed by atoms with Crippen LogP contribution < -0.4 is 6.15 Å². The van der Waals surface area contributed by atoms with E-state index in [1.165, 1.54) is 18.6 Å². The maximum atomic E-state index is 2.22. The molecule has 0 saturated carbocycles. The molecule has 1 nitrogen and oxygen atoms in total. The van der Waals surface area contributed by atoms with Gasteiger partial charge in [0.15, 0.2) is 0 Å². The van der Waals surface area contributed by atoms with Gasteiger partial charge in [-0.1, -0.05) is 13.3 Å². The fourth-order valence-corrected chi connectivity index (χ4v) is 0.866. The molecule has 0 spiro atoms. The van der Waals surface area contributed by atoms with E-state index in [-0.39, 0.29) is 6.15 Å². The van der Waals surface area contributed by atoms with Gasteiger partial charge in [-0.25, -0.2) is 0 Å². The van der Waals surface area contributed by atoms with Crippen molar-refractivity contribution in [2.24, 2.45) is 0 Å². The second-order valence-corrected chi connectivity index (χ2v) is 2.33. The highest BCUT2D eigenvalue weighted by atomic mass is 32.2. The van der Waals surface area contributed by atoms with Crippen molar-refractivity contribution < 1.29 is 0 Å². The SMILES string of the molecule is CCCCSC.N. The average Bonchev–Trinajstić information content (AvgIpc) is 1.61. The summed E-state index contributed by atoms with van der Waals surface area (Å²) in [6.45, 7) is 2.22. The highest BCUT2D eigenvalue weighted by Gasteiger charge is 1.75. The van der Waals surface area contributed by atoms with Crippen LogP contribution in [0.4, 0.5) is 0 Å². The topological polar surface area (TPSA) is 35.0 Å². The Morgan fingerprint density at radius 1 is 1.43 bits per heavy atom. The molecule has 0 fully saturated rings. The molecule has 7 heavy (non-hydrogen) atoms. The molecule has 0 aromatic heterocycles. The van der Waals surface area contributed by atoms with Crippen LogP contribution in [0.2, 0.25) is 0 Å². The highest BCUT2D eigenvalue weighted by Crippen LogP contribution is 1.96. The summed E-state index contributed by atoms with van der Waals surface area (Å²) in [7, 11) is 0. The Balaban J connectivity index is 0. The molecular formula is C5H15NS. The summed E-state index contributed by atoms with van der Waals surface area (Å²) in [5.74, 6) is 1.33. The Morgan fingerprint density at radius 3 is 2.14 bits per heavy atom. The van der Waals surface area contributed by atoms with E-state index in [0.717, 1.165) is 0 Å². The molecule has 0 saturated heterocycles. The Morgan fingerprint density at radius 2 is 2.00 bits per heavy atom. The van der Waals surface area contributed by atoms with Gasteiger partial charge in [0.1, 0.15) is 0 Å². The van der Waals surface area contributed by atoms with Gasteiger partial charge in [0.25, 0.3) is 0 Å². The second-order valence-electron chi connectivity index (χ2n) is 1.35. The third-order valence-electron chi connectivity index (χ3n) is 0.702. The molecule has 0 heterocycles. The molecular weight excluding hydrogens is 106 g/mol. The monoisotopic (exact) mass is 121 g/mol. The predicted molar refractivity (Wildman–Crippen MR) is 38.3 cm³/mol. The zero-order valence-electron chi connectivity index (χ0n) is 5.24. The molecule has 0 radical (unpaired) electrons. The third-order valence-corrected chi connectivity index (χ3v) is 1.40. The number of rotatable bonds is 3. The number of hydrogen-bond donors (Lipinski definition) is 1. The number of thioether (sulfide) groups is 1. The lowest BCUT2D eigenvalue weighted by molar-refractivity contribution is 0.897. The van der Waals surface area contributed by atoms with Gasteiger partial charge >= 0.3 is 0 Å². The Kier molecular flexibility index (Phi) is 14.1. The van der Waals surface area contributed by atoms with Crippen molar-refractivity contribution in [3.05, 3.63) is 0 Å². The van der Waals surface area contributed by atoms with Gasteiger partial charge in [0.2, 0.25) is 0 Å². The smallest absolute Gasteiger partial charge is 0.00704 e. The van der Waals surface area contributed by atoms with Crippen LogP contribution in [0.3, 0.4) is 0 Å². The fourth-order valence-electron chi connectivity index (χ4n) is 0.289. The van der Waals surface area contributed by atoms with E-state index < -0.39 is 0 Å². The highest BCUT2D eigenvalue weighted by molar-refractivity contribution is 7.98. The summed E-state index contributed by atoms with van der Waals surface area (Å²) < 4.78 is 0. The van der Waals surface area contributed by atoms with Gasteiger partial charge < -0.3 is 6.15 Å². The molecule has 2 heteroatoms. The minimum atomic E-state index is 0. The van der Waals surface area contributed by atoms with Crippen molar-refractivity contribution in [2.45, 2.75) is 19.8 Å². The molecule has 46 valence electrons. The average molecular weight is 121 g/mol. The van der Waals surface area contributed by atoms with Gasteiger partial charge in [0, 0.05) is 0 Å².